The number of amides is 3. The van der Waals surface area contributed by atoms with Gasteiger partial charge in [-0.15, -0.1) is 0 Å². The summed E-state index contributed by atoms with van der Waals surface area (Å²) in [5.41, 5.74) is 7.96. The molecule has 0 spiro atoms. The van der Waals surface area contributed by atoms with Crippen LogP contribution in [0.3, 0.4) is 0 Å². The van der Waals surface area contributed by atoms with E-state index < -0.39 is 17.9 Å². The molecule has 0 radical (unpaired) electrons. The summed E-state index contributed by atoms with van der Waals surface area (Å²) in [4.78, 5) is 88.0. The van der Waals surface area contributed by atoms with Gasteiger partial charge in [0, 0.05) is 57.5 Å². The number of hydrogen-bond donors (Lipinski definition) is 1. The third-order valence-electron chi connectivity index (χ3n) is 14.9. The van der Waals surface area contributed by atoms with E-state index in [1.54, 1.807) is 30.4 Å². The molecule has 0 aromatic heterocycles. The van der Waals surface area contributed by atoms with E-state index in [-0.39, 0.29) is 41.3 Å². The number of nitrogens with one attached hydrogen (secondary N) is 1. The van der Waals surface area contributed by atoms with E-state index in [0.29, 0.717) is 13.1 Å². The van der Waals surface area contributed by atoms with Crippen LogP contribution in [-0.4, -0.2) is 62.7 Å². The number of hydrogen-bond acceptors (Lipinski definition) is 10. The Labute approximate surface area is 498 Å². The Kier molecular flexibility index (Phi) is 26.7. The summed E-state index contributed by atoms with van der Waals surface area (Å²) in [7, 11) is 4.04. The van der Waals surface area contributed by atoms with Gasteiger partial charge in [0.15, 0.2) is 5.78 Å². The molecule has 83 heavy (non-hydrogen) atoms. The zero-order valence-corrected chi connectivity index (χ0v) is 49.9. The normalized spacial score (nSPS) is 14.9. The molecule has 3 amide bonds. The molecule has 0 bridgehead atoms. The van der Waals surface area contributed by atoms with Crippen molar-refractivity contribution < 1.29 is 47.8 Å². The van der Waals surface area contributed by atoms with Gasteiger partial charge in [0.2, 0.25) is 17.7 Å². The van der Waals surface area contributed by atoms with Gasteiger partial charge in [0.25, 0.3) is 0 Å². The lowest BCUT2D eigenvalue weighted by Gasteiger charge is -2.30. The second-order valence-corrected chi connectivity index (χ2v) is 22.0. The largest absolute Gasteiger partial charge is 0.466 e. The highest BCUT2D eigenvalue weighted by Crippen LogP contribution is 2.32. The Bertz CT molecular complexity index is 3070. The lowest BCUT2D eigenvalue weighted by molar-refractivity contribution is -0.135. The van der Waals surface area contributed by atoms with Gasteiger partial charge in [-0.2, -0.15) is 0 Å². The van der Waals surface area contributed by atoms with Crippen LogP contribution in [-0.2, 0) is 60.9 Å². The third kappa shape index (κ3) is 22.0. The van der Waals surface area contributed by atoms with Gasteiger partial charge in [-0.05, 0) is 152 Å². The summed E-state index contributed by atoms with van der Waals surface area (Å²) in [6.07, 6.45) is 28.6. The number of rotatable bonds is 18. The summed E-state index contributed by atoms with van der Waals surface area (Å²) in [6, 6.07) is 38.7. The fourth-order valence-corrected chi connectivity index (χ4v) is 10.5. The van der Waals surface area contributed by atoms with E-state index in [1.165, 1.54) is 65.7 Å². The first-order valence-electron chi connectivity index (χ1n) is 28.8. The lowest BCUT2D eigenvalue weighted by Crippen LogP contribution is -2.36. The molecule has 5 aromatic carbocycles. The molecule has 0 atom stereocenters. The molecule has 0 aliphatic heterocycles. The molecule has 0 saturated heterocycles. The molecule has 5 aromatic rings. The molecular formula is C69H78BrN3O10. The van der Waals surface area contributed by atoms with Crippen LogP contribution in [0.15, 0.2) is 150 Å². The van der Waals surface area contributed by atoms with Crippen molar-refractivity contribution in [3.8, 4) is 0 Å². The minimum atomic E-state index is -0.422. The number of benzene rings is 5. The number of ketones is 1. The van der Waals surface area contributed by atoms with Crippen LogP contribution in [0.1, 0.15) is 137 Å². The van der Waals surface area contributed by atoms with E-state index in [2.05, 4.69) is 35.5 Å². The summed E-state index contributed by atoms with van der Waals surface area (Å²) in [5, 5.41) is 2.96. The maximum atomic E-state index is 13.6. The fourth-order valence-electron chi connectivity index (χ4n) is 10.3. The molecule has 3 saturated carbocycles. The number of nitrogens with zero attached hydrogens (tertiary/aromatic N) is 2. The maximum absolute atomic E-state index is 13.6. The monoisotopic (exact) mass is 1190 g/mol. The molecule has 8 rings (SSSR count). The van der Waals surface area contributed by atoms with Crippen molar-refractivity contribution in [3.05, 3.63) is 183 Å². The smallest absolute Gasteiger partial charge is 0.330 e. The van der Waals surface area contributed by atoms with Crippen molar-refractivity contribution in [1.29, 1.82) is 0 Å². The Hall–Kier alpha value is -7.97. The van der Waals surface area contributed by atoms with E-state index >= 15 is 0 Å². The molecule has 0 unspecified atom stereocenters. The Morgan fingerprint density at radius 1 is 0.458 bits per heavy atom. The average Bonchev–Trinajstić information content (AvgIpc) is 3.69. The molecule has 13 nitrogen and oxygen atoms in total. The van der Waals surface area contributed by atoms with Crippen molar-refractivity contribution in [1.82, 2.24) is 0 Å². The second-order valence-electron chi connectivity index (χ2n) is 21.0. The number of ether oxygens (including phenoxy) is 3. The van der Waals surface area contributed by atoms with E-state index in [4.69, 9.17) is 0 Å². The molecule has 14 heteroatoms. The molecule has 3 aliphatic carbocycles. The van der Waals surface area contributed by atoms with Crippen molar-refractivity contribution in [3.63, 3.8) is 0 Å². The SMILES string of the molecule is COC(=O)/C=C/c1cccc(N(Cc2ccc(/C=C/C(C)=O)cc2)C(=O)C2CCCCC2)c1.COC(=O)/C=C/c1cccc(N(Cc2ccc(Br)cc2)C(=O)C2CCCCC2)c1.COC(=O)/C=C/c1cccc(NC(=O)C2CCCCC2)c1. The Morgan fingerprint density at radius 3 is 1.24 bits per heavy atom. The van der Waals surface area contributed by atoms with E-state index in [9.17, 15) is 33.6 Å². The highest BCUT2D eigenvalue weighted by Gasteiger charge is 2.29. The highest BCUT2D eigenvalue weighted by molar-refractivity contribution is 9.10. The summed E-state index contributed by atoms with van der Waals surface area (Å²) < 4.78 is 14.9. The van der Waals surface area contributed by atoms with Crippen LogP contribution in [0, 0.1) is 17.8 Å². The first kappa shape index (κ1) is 64.2. The van der Waals surface area contributed by atoms with Crippen molar-refractivity contribution in [2.75, 3.05) is 36.4 Å². The number of carbonyl (C=O) groups is 7. The number of methoxy groups -OCH3 is 3. The van der Waals surface area contributed by atoms with E-state index in [0.717, 1.165) is 132 Å². The van der Waals surface area contributed by atoms with Gasteiger partial charge >= 0.3 is 17.9 Å². The van der Waals surface area contributed by atoms with Crippen molar-refractivity contribution >= 4 is 98.7 Å². The van der Waals surface area contributed by atoms with Crippen LogP contribution in [0.4, 0.5) is 17.1 Å². The van der Waals surface area contributed by atoms with Crippen molar-refractivity contribution in [2.24, 2.45) is 17.8 Å². The number of anilines is 3. The topological polar surface area (TPSA) is 166 Å². The summed E-state index contributed by atoms with van der Waals surface area (Å²) >= 11 is 3.47. The highest BCUT2D eigenvalue weighted by atomic mass is 79.9. The number of esters is 3. The lowest BCUT2D eigenvalue weighted by atomic mass is 9.88. The van der Waals surface area contributed by atoms with Gasteiger partial charge in [-0.1, -0.05) is 153 Å². The Morgan fingerprint density at radius 2 is 0.831 bits per heavy atom. The van der Waals surface area contributed by atoms with Crippen LogP contribution in [0.2, 0.25) is 0 Å². The zero-order chi connectivity index (χ0) is 59.3. The molecule has 1 N–H and O–H groups in total. The first-order valence-corrected chi connectivity index (χ1v) is 29.5. The van der Waals surface area contributed by atoms with Crippen LogP contribution >= 0.6 is 15.9 Å². The van der Waals surface area contributed by atoms with E-state index in [1.807, 2.05) is 131 Å². The quantitative estimate of drug-likeness (QED) is 0.0507. The van der Waals surface area contributed by atoms with Crippen LogP contribution in [0.5, 0.6) is 0 Å². The fraction of sp³-hybridized carbons (Fsp3) is 0.348. The van der Waals surface area contributed by atoms with Crippen LogP contribution in [0.25, 0.3) is 24.3 Å². The van der Waals surface area contributed by atoms with Gasteiger partial charge in [0.05, 0.1) is 34.4 Å². The standard InChI is InChI=1S/C28H31NO4.C24H26BrNO3.C17H21NO3/c1-21(30)11-12-22-13-15-24(16-14-22)20-29(28(32)25-8-4-3-5-9-25)26-10-6-7-23(19-26)17-18-27(31)33-2;1-29-23(27)15-12-18-6-5-9-22(16-18)26(17-19-10-13-21(25)14-11-19)24(28)20-7-3-2-4-8-20;1-21-16(19)11-10-13-6-5-9-15(12-13)18-17(20)14-7-3-2-4-8-14/h6-7,10-19,25H,3-5,8-9,20H2,1-2H3;5-6,9-16,20H,2-4,7-8,17H2,1H3;5-6,9-12,14H,2-4,7-8H2,1H3,(H,18,20)/b12-11+,18-17+;15-12+;11-10+. The molecule has 3 aliphatic rings. The zero-order valence-electron chi connectivity index (χ0n) is 48.3. The predicted molar refractivity (Wildman–Crippen MR) is 334 cm³/mol. The first-order chi connectivity index (χ1) is 40.2. The van der Waals surface area contributed by atoms with Gasteiger partial charge in [-0.3, -0.25) is 19.2 Å². The number of carbonyl (C=O) groups excluding carboxylic acids is 7. The second kappa shape index (κ2) is 34.5. The van der Waals surface area contributed by atoms with Gasteiger partial charge in [0.1, 0.15) is 0 Å². The summed E-state index contributed by atoms with van der Waals surface area (Å²) in [6.45, 7) is 2.50. The van der Waals surface area contributed by atoms with Gasteiger partial charge in [-0.25, -0.2) is 14.4 Å². The average molecular weight is 1190 g/mol. The molecular weight excluding hydrogens is 1110 g/mol. The number of allylic oxidation sites excluding steroid dienone is 1. The minimum absolute atomic E-state index is 0.00413. The molecule has 3 fully saturated rings. The summed E-state index contributed by atoms with van der Waals surface area (Å²) in [5.74, 6) is -0.548. The van der Waals surface area contributed by atoms with Crippen molar-refractivity contribution in [2.45, 2.75) is 116 Å². The minimum Gasteiger partial charge on any atom is -0.466 e. The molecule has 0 heterocycles. The number of halogens is 1. The third-order valence-corrected chi connectivity index (χ3v) is 15.4. The van der Waals surface area contributed by atoms with Crippen LogP contribution < -0.4 is 15.1 Å². The maximum Gasteiger partial charge on any atom is 0.330 e. The molecule has 436 valence electrons. The predicted octanol–water partition coefficient (Wildman–Crippen LogP) is 14.7. The Balaban J connectivity index is 0.000000205. The van der Waals surface area contributed by atoms with Gasteiger partial charge < -0.3 is 29.3 Å².